The van der Waals surface area contributed by atoms with E-state index in [1.165, 1.54) is 18.6 Å². The molecule has 0 spiro atoms. The zero-order chi connectivity index (χ0) is 25.8. The first kappa shape index (κ1) is 29.3. The lowest BCUT2D eigenvalue weighted by Crippen LogP contribution is -2.57. The number of carbonyl (C=O) groups is 3. The first-order valence-corrected chi connectivity index (χ1v) is 11.7. The molecule has 0 aliphatic carbocycles. The summed E-state index contributed by atoms with van der Waals surface area (Å²) in [6, 6.07) is -2.46. The number of anilines is 1. The Morgan fingerprint density at radius 1 is 0.824 bits per heavy atom. The first-order chi connectivity index (χ1) is 15.9. The molecule has 3 atom stereocenters. The van der Waals surface area contributed by atoms with Crippen LogP contribution in [0.4, 0.5) is 10.6 Å². The van der Waals surface area contributed by atoms with Gasteiger partial charge in [0.2, 0.25) is 11.8 Å². The molecule has 6 N–H and O–H groups in total. The molecular formula is C22H39BN6O5. The highest BCUT2D eigenvalue weighted by molar-refractivity contribution is 6.43. The Morgan fingerprint density at radius 3 is 1.85 bits per heavy atom. The van der Waals surface area contributed by atoms with Crippen molar-refractivity contribution in [1.82, 2.24) is 25.9 Å². The van der Waals surface area contributed by atoms with E-state index in [1.807, 2.05) is 41.5 Å². The SMILES string of the molecule is CC(C)C[C@H](NC(=O)N[C@@H](CC(C)C)C(=O)N[C@@H](CC(C)C)C(=O)Nc1cnccn1)B(O)O. The highest BCUT2D eigenvalue weighted by atomic mass is 16.4. The number of nitrogens with zero attached hydrogens (tertiary/aromatic N) is 2. The highest BCUT2D eigenvalue weighted by Crippen LogP contribution is 2.11. The van der Waals surface area contributed by atoms with Gasteiger partial charge < -0.3 is 31.3 Å². The van der Waals surface area contributed by atoms with Crippen LogP contribution in [0.5, 0.6) is 0 Å². The molecular weight excluding hydrogens is 439 g/mol. The monoisotopic (exact) mass is 478 g/mol. The van der Waals surface area contributed by atoms with Crippen LogP contribution in [0.2, 0.25) is 0 Å². The van der Waals surface area contributed by atoms with E-state index in [0.29, 0.717) is 19.3 Å². The fraction of sp³-hybridized carbons (Fsp3) is 0.682. The second kappa shape index (κ2) is 14.5. The zero-order valence-electron chi connectivity index (χ0n) is 20.9. The summed E-state index contributed by atoms with van der Waals surface area (Å²) < 4.78 is 0. The van der Waals surface area contributed by atoms with E-state index >= 15 is 0 Å². The number of amides is 4. The lowest BCUT2D eigenvalue weighted by Gasteiger charge is -2.26. The van der Waals surface area contributed by atoms with Crippen LogP contribution in [0.1, 0.15) is 60.8 Å². The molecule has 190 valence electrons. The summed E-state index contributed by atoms with van der Waals surface area (Å²) >= 11 is 0. The van der Waals surface area contributed by atoms with Gasteiger partial charge in [-0.2, -0.15) is 0 Å². The molecule has 1 aromatic heterocycles. The first-order valence-electron chi connectivity index (χ1n) is 11.7. The molecule has 0 aliphatic rings. The van der Waals surface area contributed by atoms with E-state index < -0.39 is 43.0 Å². The Kier molecular flexibility index (Phi) is 12.5. The van der Waals surface area contributed by atoms with Crippen molar-refractivity contribution in [3.63, 3.8) is 0 Å². The molecule has 1 heterocycles. The van der Waals surface area contributed by atoms with Crippen LogP contribution in [0, 0.1) is 17.8 Å². The van der Waals surface area contributed by atoms with Crippen molar-refractivity contribution < 1.29 is 24.4 Å². The number of rotatable bonds is 13. The second-order valence-electron chi connectivity index (χ2n) is 9.72. The molecule has 1 rings (SSSR count). The quantitative estimate of drug-likeness (QED) is 0.231. The van der Waals surface area contributed by atoms with Gasteiger partial charge in [0.25, 0.3) is 0 Å². The van der Waals surface area contributed by atoms with Gasteiger partial charge in [0, 0.05) is 12.4 Å². The third kappa shape index (κ3) is 11.4. The van der Waals surface area contributed by atoms with Crippen LogP contribution in [0.3, 0.4) is 0 Å². The highest BCUT2D eigenvalue weighted by Gasteiger charge is 2.30. The number of urea groups is 1. The van der Waals surface area contributed by atoms with Gasteiger partial charge in [-0.3, -0.25) is 14.6 Å². The summed E-state index contributed by atoms with van der Waals surface area (Å²) in [6.07, 6.45) is 5.40. The Bertz CT molecular complexity index is 778. The maximum Gasteiger partial charge on any atom is 0.475 e. The van der Waals surface area contributed by atoms with Crippen molar-refractivity contribution in [3.8, 4) is 0 Å². The van der Waals surface area contributed by atoms with Gasteiger partial charge >= 0.3 is 13.1 Å². The molecule has 4 amide bonds. The van der Waals surface area contributed by atoms with Crippen molar-refractivity contribution in [3.05, 3.63) is 18.6 Å². The fourth-order valence-corrected chi connectivity index (χ4v) is 3.39. The summed E-state index contributed by atoms with van der Waals surface area (Å²) in [7, 11) is -1.73. The summed E-state index contributed by atoms with van der Waals surface area (Å²) in [6.45, 7) is 11.5. The molecule has 12 heteroatoms. The number of carbonyl (C=O) groups excluding carboxylic acids is 3. The Hall–Kier alpha value is -2.73. The zero-order valence-corrected chi connectivity index (χ0v) is 20.9. The van der Waals surface area contributed by atoms with Crippen LogP contribution >= 0.6 is 0 Å². The summed E-state index contributed by atoms with van der Waals surface area (Å²) in [5, 5.41) is 29.7. The normalized spacial score (nSPS) is 13.9. The molecule has 0 saturated heterocycles. The van der Waals surface area contributed by atoms with E-state index in [0.717, 1.165) is 0 Å². The molecule has 0 saturated carbocycles. The van der Waals surface area contributed by atoms with Gasteiger partial charge in [0.15, 0.2) is 5.82 Å². The van der Waals surface area contributed by atoms with Crippen LogP contribution in [0.25, 0.3) is 0 Å². The van der Waals surface area contributed by atoms with Gasteiger partial charge in [-0.1, -0.05) is 41.5 Å². The van der Waals surface area contributed by atoms with Crippen LogP contribution in [0.15, 0.2) is 18.6 Å². The van der Waals surface area contributed by atoms with Crippen molar-refractivity contribution in [2.45, 2.75) is 78.8 Å². The smallest absolute Gasteiger partial charge is 0.426 e. The number of hydrogen-bond donors (Lipinski definition) is 6. The summed E-state index contributed by atoms with van der Waals surface area (Å²) in [5.41, 5.74) is 0. The van der Waals surface area contributed by atoms with Gasteiger partial charge in [0.1, 0.15) is 12.1 Å². The Morgan fingerprint density at radius 2 is 1.38 bits per heavy atom. The lowest BCUT2D eigenvalue weighted by atomic mass is 9.75. The van der Waals surface area contributed by atoms with Gasteiger partial charge in [-0.15, -0.1) is 0 Å². The van der Waals surface area contributed by atoms with Gasteiger partial charge in [0.05, 0.1) is 12.1 Å². The minimum absolute atomic E-state index is 0.0721. The predicted molar refractivity (Wildman–Crippen MR) is 130 cm³/mol. The van der Waals surface area contributed by atoms with Crippen molar-refractivity contribution in [2.24, 2.45) is 17.8 Å². The average molecular weight is 478 g/mol. The maximum atomic E-state index is 13.1. The second-order valence-corrected chi connectivity index (χ2v) is 9.72. The summed E-state index contributed by atoms with van der Waals surface area (Å²) in [5.74, 6) is -1.25. The molecule has 0 fully saturated rings. The Balaban J connectivity index is 2.92. The summed E-state index contributed by atoms with van der Waals surface area (Å²) in [4.78, 5) is 46.4. The van der Waals surface area contributed by atoms with E-state index in [2.05, 4.69) is 31.2 Å². The number of hydrogen-bond acceptors (Lipinski definition) is 7. The third-order valence-corrected chi connectivity index (χ3v) is 4.89. The van der Waals surface area contributed by atoms with E-state index in [4.69, 9.17) is 0 Å². The van der Waals surface area contributed by atoms with Crippen molar-refractivity contribution >= 4 is 30.8 Å². The van der Waals surface area contributed by atoms with Crippen molar-refractivity contribution in [1.29, 1.82) is 0 Å². The standard InChI is InChI=1S/C22H39BN6O5/c1-13(2)9-16(21(31)29-19-12-24-7-8-25-19)26-20(30)17(10-14(3)4)27-22(32)28-18(23(33)34)11-15(5)6/h7-8,12-18,33-34H,9-11H2,1-6H3,(H,26,30)(H,25,29,31)(H2,27,28,32)/t16-,17-,18-/m0/s1. The molecule has 0 aliphatic heterocycles. The number of aromatic nitrogens is 2. The molecule has 0 unspecified atom stereocenters. The fourth-order valence-electron chi connectivity index (χ4n) is 3.39. The minimum Gasteiger partial charge on any atom is -0.426 e. The van der Waals surface area contributed by atoms with E-state index in [-0.39, 0.29) is 23.6 Å². The lowest BCUT2D eigenvalue weighted by molar-refractivity contribution is -0.128. The van der Waals surface area contributed by atoms with Gasteiger partial charge in [-0.25, -0.2) is 9.78 Å². The van der Waals surface area contributed by atoms with Crippen molar-refractivity contribution in [2.75, 3.05) is 5.32 Å². The number of nitrogens with one attached hydrogen (secondary N) is 4. The maximum absolute atomic E-state index is 13.1. The van der Waals surface area contributed by atoms with Gasteiger partial charge in [-0.05, 0) is 37.0 Å². The van der Waals surface area contributed by atoms with Crippen LogP contribution < -0.4 is 21.3 Å². The molecule has 0 aromatic carbocycles. The predicted octanol–water partition coefficient (Wildman–Crippen LogP) is 1.09. The van der Waals surface area contributed by atoms with Crippen LogP contribution in [-0.2, 0) is 9.59 Å². The molecule has 11 nitrogen and oxygen atoms in total. The molecule has 1 aromatic rings. The largest absolute Gasteiger partial charge is 0.475 e. The minimum atomic E-state index is -1.73. The van der Waals surface area contributed by atoms with E-state index in [1.54, 1.807) is 0 Å². The molecule has 0 bridgehead atoms. The molecule has 34 heavy (non-hydrogen) atoms. The topological polar surface area (TPSA) is 166 Å². The third-order valence-electron chi connectivity index (χ3n) is 4.89. The Labute approximate surface area is 202 Å². The molecule has 0 radical (unpaired) electrons. The average Bonchev–Trinajstić information content (AvgIpc) is 2.71. The van der Waals surface area contributed by atoms with E-state index in [9.17, 15) is 24.4 Å². The van der Waals surface area contributed by atoms with Crippen LogP contribution in [-0.4, -0.2) is 63.0 Å².